The van der Waals surface area contributed by atoms with E-state index in [1.54, 1.807) is 13.8 Å². The Morgan fingerprint density at radius 1 is 1.43 bits per heavy atom. The maximum Gasteiger partial charge on any atom is 0.352 e. The Labute approximate surface area is 128 Å². The van der Waals surface area contributed by atoms with Crippen LogP contribution in [0.1, 0.15) is 17.0 Å². The van der Waals surface area contributed by atoms with E-state index in [-0.39, 0.29) is 10.9 Å². The van der Waals surface area contributed by atoms with Gasteiger partial charge in [0.2, 0.25) is 0 Å². The highest BCUT2D eigenvalue weighted by Gasteiger charge is 2.16. The third-order valence-corrected chi connectivity index (χ3v) is 3.76. The molecular formula is C14H12BrFN2O3. The fourth-order valence-electron chi connectivity index (χ4n) is 2.14. The van der Waals surface area contributed by atoms with E-state index in [0.29, 0.717) is 22.6 Å². The zero-order valence-electron chi connectivity index (χ0n) is 11.4. The van der Waals surface area contributed by atoms with E-state index < -0.39 is 17.5 Å². The molecule has 7 heteroatoms. The summed E-state index contributed by atoms with van der Waals surface area (Å²) in [6, 6.07) is 4.11. The standard InChI is InChI=1S/C14H12BrFN2O3/c1-7-10(6-13(19)20)8(2)18(14(21)17-7)9-3-4-12(16)11(15)5-9/h3-5H,6H2,1-2H3,(H,19,20). The Kier molecular flexibility index (Phi) is 4.22. The van der Waals surface area contributed by atoms with Crippen LogP contribution < -0.4 is 5.69 Å². The van der Waals surface area contributed by atoms with Gasteiger partial charge in [-0.25, -0.2) is 9.18 Å². The summed E-state index contributed by atoms with van der Waals surface area (Å²) in [5.74, 6) is -1.45. The van der Waals surface area contributed by atoms with Crippen LogP contribution in [0.3, 0.4) is 0 Å². The first kappa shape index (κ1) is 15.4. The smallest absolute Gasteiger partial charge is 0.352 e. The van der Waals surface area contributed by atoms with Crippen LogP contribution in [0.2, 0.25) is 0 Å². The molecule has 0 fully saturated rings. The molecule has 0 spiro atoms. The van der Waals surface area contributed by atoms with Gasteiger partial charge in [-0.1, -0.05) is 0 Å². The summed E-state index contributed by atoms with van der Waals surface area (Å²) < 4.78 is 14.8. The van der Waals surface area contributed by atoms with Crippen molar-refractivity contribution < 1.29 is 14.3 Å². The number of aryl methyl sites for hydroxylation is 1. The van der Waals surface area contributed by atoms with Crippen molar-refractivity contribution >= 4 is 21.9 Å². The van der Waals surface area contributed by atoms with E-state index in [2.05, 4.69) is 20.9 Å². The molecule has 0 unspecified atom stereocenters. The monoisotopic (exact) mass is 354 g/mol. The lowest BCUT2D eigenvalue weighted by atomic mass is 10.1. The minimum Gasteiger partial charge on any atom is -0.481 e. The predicted octanol–water partition coefficient (Wildman–Crippen LogP) is 2.38. The Morgan fingerprint density at radius 3 is 2.67 bits per heavy atom. The van der Waals surface area contributed by atoms with Gasteiger partial charge in [0.15, 0.2) is 0 Å². The summed E-state index contributed by atoms with van der Waals surface area (Å²) in [5, 5.41) is 8.95. The molecule has 1 heterocycles. The van der Waals surface area contributed by atoms with E-state index in [4.69, 9.17) is 5.11 Å². The lowest BCUT2D eigenvalue weighted by Crippen LogP contribution is -2.27. The summed E-state index contributed by atoms with van der Waals surface area (Å²) in [4.78, 5) is 26.9. The predicted molar refractivity (Wildman–Crippen MR) is 78.3 cm³/mol. The van der Waals surface area contributed by atoms with Gasteiger partial charge in [0, 0.05) is 17.0 Å². The molecule has 1 N–H and O–H groups in total. The summed E-state index contributed by atoms with van der Waals surface area (Å²) in [7, 11) is 0. The molecule has 2 aromatic rings. The molecular weight excluding hydrogens is 343 g/mol. The number of carboxylic acid groups (broad SMARTS) is 1. The number of rotatable bonds is 3. The molecule has 110 valence electrons. The van der Waals surface area contributed by atoms with Crippen molar-refractivity contribution in [1.82, 2.24) is 9.55 Å². The average molecular weight is 355 g/mol. The molecule has 0 aliphatic rings. The van der Waals surface area contributed by atoms with Crippen LogP contribution in [-0.4, -0.2) is 20.6 Å². The molecule has 2 rings (SSSR count). The SMILES string of the molecule is Cc1nc(=O)n(-c2ccc(F)c(Br)c2)c(C)c1CC(=O)O. The maximum absolute atomic E-state index is 13.3. The number of aliphatic carboxylic acids is 1. The lowest BCUT2D eigenvalue weighted by Gasteiger charge is -2.14. The summed E-state index contributed by atoms with van der Waals surface area (Å²) in [6.45, 7) is 3.24. The van der Waals surface area contributed by atoms with Gasteiger partial charge >= 0.3 is 11.7 Å². The van der Waals surface area contributed by atoms with Crippen LogP contribution in [0.15, 0.2) is 27.5 Å². The Morgan fingerprint density at radius 2 is 2.10 bits per heavy atom. The zero-order chi connectivity index (χ0) is 15.7. The first-order valence-electron chi connectivity index (χ1n) is 6.07. The Hall–Kier alpha value is -2.02. The molecule has 0 aliphatic heterocycles. The molecule has 0 radical (unpaired) electrons. The van der Waals surface area contributed by atoms with Crippen molar-refractivity contribution in [2.75, 3.05) is 0 Å². The number of aromatic nitrogens is 2. The van der Waals surface area contributed by atoms with E-state index in [0.717, 1.165) is 0 Å². The minimum absolute atomic E-state index is 0.214. The third-order valence-electron chi connectivity index (χ3n) is 3.15. The topological polar surface area (TPSA) is 72.2 Å². The van der Waals surface area contributed by atoms with E-state index >= 15 is 0 Å². The first-order chi connectivity index (χ1) is 9.81. The summed E-state index contributed by atoms with van der Waals surface area (Å²) >= 11 is 3.06. The molecule has 1 aromatic heterocycles. The van der Waals surface area contributed by atoms with Crippen LogP contribution in [0.4, 0.5) is 4.39 Å². The number of hydrogen-bond donors (Lipinski definition) is 1. The second-order valence-electron chi connectivity index (χ2n) is 4.55. The van der Waals surface area contributed by atoms with Crippen LogP contribution >= 0.6 is 15.9 Å². The van der Waals surface area contributed by atoms with E-state index in [1.165, 1.54) is 22.8 Å². The Bertz CT molecular complexity index is 787. The molecule has 0 saturated carbocycles. The van der Waals surface area contributed by atoms with Gasteiger partial charge in [-0.2, -0.15) is 4.98 Å². The largest absolute Gasteiger partial charge is 0.481 e. The van der Waals surface area contributed by atoms with Crippen LogP contribution in [0.5, 0.6) is 0 Å². The maximum atomic E-state index is 13.3. The van der Waals surface area contributed by atoms with Crippen LogP contribution in [0, 0.1) is 19.7 Å². The second kappa shape index (κ2) is 5.77. The van der Waals surface area contributed by atoms with Crippen LogP contribution in [-0.2, 0) is 11.2 Å². The number of carbonyl (C=O) groups is 1. The fourth-order valence-corrected chi connectivity index (χ4v) is 2.50. The quantitative estimate of drug-likeness (QED) is 0.918. The number of halogens is 2. The normalized spacial score (nSPS) is 10.7. The first-order valence-corrected chi connectivity index (χ1v) is 6.87. The van der Waals surface area contributed by atoms with Gasteiger partial charge < -0.3 is 5.11 Å². The Balaban J connectivity index is 2.71. The highest BCUT2D eigenvalue weighted by molar-refractivity contribution is 9.10. The van der Waals surface area contributed by atoms with Crippen LogP contribution in [0.25, 0.3) is 5.69 Å². The van der Waals surface area contributed by atoms with Gasteiger partial charge in [-0.15, -0.1) is 0 Å². The molecule has 0 atom stereocenters. The van der Waals surface area contributed by atoms with Crippen molar-refractivity contribution in [3.05, 3.63) is 55.9 Å². The molecule has 0 bridgehead atoms. The fraction of sp³-hybridized carbons (Fsp3) is 0.214. The van der Waals surface area contributed by atoms with E-state index in [1.807, 2.05) is 0 Å². The van der Waals surface area contributed by atoms with Gasteiger partial charge in [0.05, 0.1) is 16.6 Å². The number of hydrogen-bond acceptors (Lipinski definition) is 3. The molecule has 0 amide bonds. The van der Waals surface area contributed by atoms with Gasteiger partial charge in [0.25, 0.3) is 0 Å². The molecule has 0 aliphatic carbocycles. The van der Waals surface area contributed by atoms with Gasteiger partial charge in [0.1, 0.15) is 5.82 Å². The number of benzene rings is 1. The minimum atomic E-state index is -1.01. The lowest BCUT2D eigenvalue weighted by molar-refractivity contribution is -0.136. The second-order valence-corrected chi connectivity index (χ2v) is 5.40. The molecule has 0 saturated heterocycles. The summed E-state index contributed by atoms with van der Waals surface area (Å²) in [6.07, 6.45) is -0.229. The molecule has 1 aromatic carbocycles. The zero-order valence-corrected chi connectivity index (χ0v) is 12.9. The van der Waals surface area contributed by atoms with Crippen molar-refractivity contribution in [3.8, 4) is 5.69 Å². The summed E-state index contributed by atoms with van der Waals surface area (Å²) in [5.41, 5.74) is 1.23. The number of nitrogens with zero attached hydrogens (tertiary/aromatic N) is 2. The van der Waals surface area contributed by atoms with E-state index in [9.17, 15) is 14.0 Å². The van der Waals surface area contributed by atoms with Crippen molar-refractivity contribution in [1.29, 1.82) is 0 Å². The van der Waals surface area contributed by atoms with Gasteiger partial charge in [-0.05, 0) is 48.0 Å². The number of carboxylic acids is 1. The average Bonchev–Trinajstić information content (AvgIpc) is 2.38. The van der Waals surface area contributed by atoms with Crippen molar-refractivity contribution in [2.24, 2.45) is 0 Å². The highest BCUT2D eigenvalue weighted by atomic mass is 79.9. The van der Waals surface area contributed by atoms with Crippen molar-refractivity contribution in [3.63, 3.8) is 0 Å². The highest BCUT2D eigenvalue weighted by Crippen LogP contribution is 2.21. The molecule has 21 heavy (non-hydrogen) atoms. The molecule has 5 nitrogen and oxygen atoms in total. The van der Waals surface area contributed by atoms with Crippen molar-refractivity contribution in [2.45, 2.75) is 20.3 Å². The van der Waals surface area contributed by atoms with Gasteiger partial charge in [-0.3, -0.25) is 9.36 Å². The third kappa shape index (κ3) is 3.02.